The summed E-state index contributed by atoms with van der Waals surface area (Å²) in [6, 6.07) is 12.7. The van der Waals surface area contributed by atoms with Crippen LogP contribution in [0, 0.1) is 5.82 Å². The van der Waals surface area contributed by atoms with Crippen LogP contribution < -0.4 is 4.90 Å². The standard InChI is InChI=1S/C28H36FN9O/c1-35-8-10-37(11-9-35)21-22-2-4-23(5-3-22)24-6-7-30-25(18-24)19-32-34-28-31-20-26(29)27(33-28)38-14-12-36(13-15-38)16-17-39/h2-7,18,20,39H,8-17,19,21H2,1H3. The monoisotopic (exact) mass is 533 g/mol. The van der Waals surface area contributed by atoms with Gasteiger partial charge >= 0.3 is 0 Å². The topological polar surface area (TPSA) is 96.6 Å². The number of β-amino-alcohol motifs (C(OH)–C–C–N with tert-alkyl or cyclic N) is 1. The summed E-state index contributed by atoms with van der Waals surface area (Å²) in [7, 11) is 2.17. The lowest BCUT2D eigenvalue weighted by atomic mass is 10.0. The molecule has 2 aromatic heterocycles. The Morgan fingerprint density at radius 1 is 0.897 bits per heavy atom. The Hall–Kier alpha value is -3.38. The predicted molar refractivity (Wildman–Crippen MR) is 148 cm³/mol. The van der Waals surface area contributed by atoms with E-state index in [9.17, 15) is 4.39 Å². The fourth-order valence-corrected chi connectivity index (χ4v) is 4.93. The van der Waals surface area contributed by atoms with Crippen LogP contribution in [-0.4, -0.2) is 107 Å². The molecule has 0 saturated carbocycles. The zero-order valence-corrected chi connectivity index (χ0v) is 22.5. The third-order valence-corrected chi connectivity index (χ3v) is 7.30. The van der Waals surface area contributed by atoms with Crippen LogP contribution in [0.1, 0.15) is 11.3 Å². The molecule has 10 nitrogen and oxygen atoms in total. The maximum atomic E-state index is 14.4. The summed E-state index contributed by atoms with van der Waals surface area (Å²) in [5, 5.41) is 17.5. The molecule has 0 amide bonds. The molecule has 0 bridgehead atoms. The first-order chi connectivity index (χ1) is 19.1. The summed E-state index contributed by atoms with van der Waals surface area (Å²) in [6.45, 7) is 9.15. The number of piperazine rings is 2. The number of azo groups is 1. The van der Waals surface area contributed by atoms with E-state index in [0.717, 1.165) is 68.8 Å². The number of nitrogens with zero attached hydrogens (tertiary/aromatic N) is 9. The average Bonchev–Trinajstić information content (AvgIpc) is 2.96. The molecule has 11 heteroatoms. The summed E-state index contributed by atoms with van der Waals surface area (Å²) in [6.07, 6.45) is 2.92. The molecule has 4 heterocycles. The number of hydrogen-bond donors (Lipinski definition) is 1. The number of pyridine rings is 1. The third-order valence-electron chi connectivity index (χ3n) is 7.30. The molecule has 1 aromatic carbocycles. The number of rotatable bonds is 9. The number of halogens is 1. The second kappa shape index (κ2) is 13.1. The van der Waals surface area contributed by atoms with Crippen molar-refractivity contribution in [2.24, 2.45) is 10.2 Å². The highest BCUT2D eigenvalue weighted by Gasteiger charge is 2.21. The predicted octanol–water partition coefficient (Wildman–Crippen LogP) is 2.82. The summed E-state index contributed by atoms with van der Waals surface area (Å²) in [5.74, 6) is -0.122. The molecule has 5 rings (SSSR count). The Balaban J connectivity index is 1.18. The molecule has 0 aliphatic carbocycles. The molecule has 0 atom stereocenters. The van der Waals surface area contributed by atoms with Gasteiger partial charge in [-0.2, -0.15) is 10.1 Å². The van der Waals surface area contributed by atoms with Gasteiger partial charge in [-0.3, -0.25) is 14.8 Å². The minimum absolute atomic E-state index is 0.119. The van der Waals surface area contributed by atoms with Crippen LogP contribution in [-0.2, 0) is 13.1 Å². The van der Waals surface area contributed by atoms with E-state index in [4.69, 9.17) is 5.11 Å². The van der Waals surface area contributed by atoms with E-state index in [1.807, 2.05) is 17.0 Å². The fraction of sp³-hybridized carbons (Fsp3) is 0.464. The largest absolute Gasteiger partial charge is 0.395 e. The van der Waals surface area contributed by atoms with E-state index >= 15 is 0 Å². The third kappa shape index (κ3) is 7.39. The van der Waals surface area contributed by atoms with Gasteiger partial charge < -0.3 is 14.9 Å². The van der Waals surface area contributed by atoms with Crippen molar-refractivity contribution in [3.8, 4) is 11.1 Å². The molecule has 2 saturated heterocycles. The quantitative estimate of drug-likeness (QED) is 0.420. The number of likely N-dealkylation sites (N-methyl/N-ethyl adjacent to an activating group) is 1. The van der Waals surface area contributed by atoms with Crippen LogP contribution in [0.5, 0.6) is 0 Å². The highest BCUT2D eigenvalue weighted by atomic mass is 19.1. The number of hydrogen-bond acceptors (Lipinski definition) is 10. The van der Waals surface area contributed by atoms with Gasteiger partial charge in [-0.05, 0) is 35.9 Å². The van der Waals surface area contributed by atoms with Gasteiger partial charge in [0.2, 0.25) is 0 Å². The number of aliphatic hydroxyl groups excluding tert-OH is 1. The Morgan fingerprint density at radius 2 is 1.64 bits per heavy atom. The first-order valence-electron chi connectivity index (χ1n) is 13.5. The minimum atomic E-state index is -0.478. The summed E-state index contributed by atoms with van der Waals surface area (Å²) in [4.78, 5) is 21.6. The Labute approximate surface area is 228 Å². The molecule has 1 N–H and O–H groups in total. The summed E-state index contributed by atoms with van der Waals surface area (Å²) < 4.78 is 14.4. The van der Waals surface area contributed by atoms with Crippen molar-refractivity contribution in [1.82, 2.24) is 29.7 Å². The van der Waals surface area contributed by atoms with Crippen molar-refractivity contribution >= 4 is 11.8 Å². The molecule has 2 aliphatic rings. The summed E-state index contributed by atoms with van der Waals surface area (Å²) in [5.41, 5.74) is 4.29. The molecule has 3 aromatic rings. The molecule has 2 aliphatic heterocycles. The first-order valence-corrected chi connectivity index (χ1v) is 13.5. The number of benzene rings is 1. The van der Waals surface area contributed by atoms with E-state index in [1.54, 1.807) is 6.20 Å². The molecule has 206 valence electrons. The SMILES string of the molecule is CN1CCN(Cc2ccc(-c3ccnc(CN=Nc4ncc(F)c(N5CCN(CCO)CC5)n4)c3)cc2)CC1. The van der Waals surface area contributed by atoms with Gasteiger partial charge in [0.15, 0.2) is 11.6 Å². The fourth-order valence-electron chi connectivity index (χ4n) is 4.93. The van der Waals surface area contributed by atoms with Crippen molar-refractivity contribution in [2.75, 3.05) is 77.5 Å². The van der Waals surface area contributed by atoms with Crippen molar-refractivity contribution in [1.29, 1.82) is 0 Å². The number of anilines is 1. The Morgan fingerprint density at radius 3 is 2.38 bits per heavy atom. The second-order valence-electron chi connectivity index (χ2n) is 10.1. The van der Waals surface area contributed by atoms with Crippen LogP contribution in [0.25, 0.3) is 11.1 Å². The highest BCUT2D eigenvalue weighted by molar-refractivity contribution is 5.63. The van der Waals surface area contributed by atoms with Gasteiger partial charge in [-0.1, -0.05) is 24.3 Å². The molecule has 0 spiro atoms. The van der Waals surface area contributed by atoms with E-state index < -0.39 is 5.82 Å². The normalized spacial score (nSPS) is 17.8. The smallest absolute Gasteiger partial charge is 0.270 e. The molecule has 2 fully saturated rings. The van der Waals surface area contributed by atoms with E-state index in [-0.39, 0.29) is 24.9 Å². The molecule has 0 radical (unpaired) electrons. The van der Waals surface area contributed by atoms with Crippen molar-refractivity contribution in [3.05, 3.63) is 65.9 Å². The summed E-state index contributed by atoms with van der Waals surface area (Å²) >= 11 is 0. The van der Waals surface area contributed by atoms with Gasteiger partial charge in [-0.25, -0.2) is 9.37 Å². The Kier molecular flexibility index (Phi) is 9.15. The highest BCUT2D eigenvalue weighted by Crippen LogP contribution is 2.23. The first kappa shape index (κ1) is 27.2. The zero-order valence-electron chi connectivity index (χ0n) is 22.5. The number of aromatic nitrogens is 3. The second-order valence-corrected chi connectivity index (χ2v) is 10.1. The van der Waals surface area contributed by atoms with Crippen LogP contribution in [0.4, 0.5) is 16.2 Å². The lowest BCUT2D eigenvalue weighted by Crippen LogP contribution is -2.47. The van der Waals surface area contributed by atoms with Crippen molar-refractivity contribution in [2.45, 2.75) is 13.1 Å². The van der Waals surface area contributed by atoms with Crippen LogP contribution >= 0.6 is 0 Å². The van der Waals surface area contributed by atoms with Gasteiger partial charge in [-0.15, -0.1) is 5.11 Å². The molecule has 39 heavy (non-hydrogen) atoms. The van der Waals surface area contributed by atoms with Gasteiger partial charge in [0.05, 0.1) is 18.5 Å². The van der Waals surface area contributed by atoms with E-state index in [0.29, 0.717) is 19.6 Å². The lowest BCUT2D eigenvalue weighted by molar-refractivity contribution is 0.148. The maximum Gasteiger partial charge on any atom is 0.270 e. The van der Waals surface area contributed by atoms with E-state index in [1.165, 1.54) is 5.56 Å². The molecular formula is C28H36FN9O. The number of aliphatic hydroxyl groups is 1. The molecule has 0 unspecified atom stereocenters. The maximum absolute atomic E-state index is 14.4. The van der Waals surface area contributed by atoms with E-state index in [2.05, 4.69) is 71.2 Å². The zero-order chi connectivity index (χ0) is 27.0. The van der Waals surface area contributed by atoms with Gasteiger partial charge in [0.25, 0.3) is 5.95 Å². The van der Waals surface area contributed by atoms with Crippen molar-refractivity contribution in [3.63, 3.8) is 0 Å². The average molecular weight is 534 g/mol. The molecular weight excluding hydrogens is 497 g/mol. The lowest BCUT2D eigenvalue weighted by Gasteiger charge is -2.35. The van der Waals surface area contributed by atoms with Crippen molar-refractivity contribution < 1.29 is 9.50 Å². The minimum Gasteiger partial charge on any atom is -0.395 e. The Bertz CT molecular complexity index is 1240. The van der Waals surface area contributed by atoms with Crippen LogP contribution in [0.2, 0.25) is 0 Å². The van der Waals surface area contributed by atoms with Crippen LogP contribution in [0.3, 0.4) is 0 Å². The van der Waals surface area contributed by atoms with Crippen LogP contribution in [0.15, 0.2) is 59.0 Å². The van der Waals surface area contributed by atoms with Gasteiger partial charge in [0, 0.05) is 71.6 Å². The van der Waals surface area contributed by atoms with Gasteiger partial charge in [0.1, 0.15) is 6.54 Å².